The standard InChI is InChI=1S/C23H26ClN7O/c1-4-5-10-20-21(24)31(15(2)3)23(32)30(20)14-16-11-12-19(25-13-16)17-8-6-7-9-18(17)22-26-28-29-27-22/h6-9,11-13,15H,4-5,10,14H2,1-3H3,(H,26,27,28,29). The molecule has 0 saturated heterocycles. The summed E-state index contributed by atoms with van der Waals surface area (Å²) in [5.74, 6) is 0.517. The molecular weight excluding hydrogens is 426 g/mol. The third-order valence-electron chi connectivity index (χ3n) is 5.45. The Bertz CT molecular complexity index is 1240. The highest BCUT2D eigenvalue weighted by Crippen LogP contribution is 2.28. The fourth-order valence-electron chi connectivity index (χ4n) is 3.81. The summed E-state index contributed by atoms with van der Waals surface area (Å²) in [6.45, 7) is 6.50. The van der Waals surface area contributed by atoms with Gasteiger partial charge in [-0.25, -0.2) is 4.79 Å². The van der Waals surface area contributed by atoms with Crippen molar-refractivity contribution in [1.82, 2.24) is 34.7 Å². The van der Waals surface area contributed by atoms with E-state index in [1.54, 1.807) is 15.3 Å². The summed E-state index contributed by atoms with van der Waals surface area (Å²) in [4.78, 5) is 17.7. The van der Waals surface area contributed by atoms with E-state index >= 15 is 0 Å². The first-order valence-corrected chi connectivity index (χ1v) is 11.2. The van der Waals surface area contributed by atoms with Gasteiger partial charge in [-0.15, -0.1) is 10.2 Å². The Morgan fingerprint density at radius 3 is 2.53 bits per heavy atom. The van der Waals surface area contributed by atoms with Gasteiger partial charge in [-0.3, -0.25) is 14.1 Å². The van der Waals surface area contributed by atoms with Crippen molar-refractivity contribution in [3.63, 3.8) is 0 Å². The average Bonchev–Trinajstić information content (AvgIpc) is 3.40. The molecule has 0 radical (unpaired) electrons. The Hall–Kier alpha value is -3.26. The van der Waals surface area contributed by atoms with Crippen molar-refractivity contribution >= 4 is 11.6 Å². The largest absolute Gasteiger partial charge is 0.330 e. The Kier molecular flexibility index (Phi) is 6.50. The van der Waals surface area contributed by atoms with E-state index in [1.807, 2.05) is 50.2 Å². The predicted octanol–water partition coefficient (Wildman–Crippen LogP) is 4.52. The minimum absolute atomic E-state index is 0.00114. The van der Waals surface area contributed by atoms with Crippen LogP contribution in [0.1, 0.15) is 50.9 Å². The molecule has 0 aliphatic carbocycles. The highest BCUT2D eigenvalue weighted by atomic mass is 35.5. The lowest BCUT2D eigenvalue weighted by Gasteiger charge is -2.09. The van der Waals surface area contributed by atoms with Crippen molar-refractivity contribution in [1.29, 1.82) is 0 Å². The van der Waals surface area contributed by atoms with Gasteiger partial charge in [0.2, 0.25) is 5.82 Å². The minimum Gasteiger partial charge on any atom is -0.290 e. The second-order valence-corrected chi connectivity index (χ2v) is 8.36. The Morgan fingerprint density at radius 1 is 1.12 bits per heavy atom. The number of pyridine rings is 1. The summed E-state index contributed by atoms with van der Waals surface area (Å²) < 4.78 is 3.44. The van der Waals surface area contributed by atoms with Crippen LogP contribution in [0.15, 0.2) is 47.4 Å². The van der Waals surface area contributed by atoms with E-state index in [1.165, 1.54) is 0 Å². The number of hydrogen-bond donors (Lipinski definition) is 1. The second kappa shape index (κ2) is 9.48. The summed E-state index contributed by atoms with van der Waals surface area (Å²) in [6, 6.07) is 11.7. The first-order chi connectivity index (χ1) is 15.5. The molecular formula is C23H26ClN7O. The highest BCUT2D eigenvalue weighted by molar-refractivity contribution is 6.30. The molecule has 0 aliphatic rings. The Balaban J connectivity index is 1.66. The van der Waals surface area contributed by atoms with Crippen LogP contribution >= 0.6 is 11.6 Å². The highest BCUT2D eigenvalue weighted by Gasteiger charge is 2.20. The third kappa shape index (κ3) is 4.23. The molecule has 0 aliphatic heterocycles. The lowest BCUT2D eigenvalue weighted by molar-refractivity contribution is 0.560. The molecule has 0 unspecified atom stereocenters. The number of benzene rings is 1. The molecule has 4 rings (SSSR count). The zero-order valence-corrected chi connectivity index (χ0v) is 19.2. The molecule has 8 nitrogen and oxygen atoms in total. The number of rotatable bonds is 8. The molecule has 4 aromatic rings. The molecule has 0 atom stereocenters. The van der Waals surface area contributed by atoms with Crippen LogP contribution in [0.4, 0.5) is 0 Å². The first-order valence-electron chi connectivity index (χ1n) is 10.8. The van der Waals surface area contributed by atoms with E-state index < -0.39 is 0 Å². The monoisotopic (exact) mass is 451 g/mol. The number of aromatic nitrogens is 7. The number of nitrogens with one attached hydrogen (secondary N) is 1. The van der Waals surface area contributed by atoms with Gasteiger partial charge in [-0.05, 0) is 43.5 Å². The first kappa shape index (κ1) is 22.0. The molecule has 0 amide bonds. The van der Waals surface area contributed by atoms with Gasteiger partial charge in [0.05, 0.1) is 17.9 Å². The van der Waals surface area contributed by atoms with Crippen LogP contribution in [-0.2, 0) is 13.0 Å². The van der Waals surface area contributed by atoms with Gasteiger partial charge < -0.3 is 0 Å². The maximum Gasteiger partial charge on any atom is 0.330 e. The molecule has 0 bridgehead atoms. The fraction of sp³-hybridized carbons (Fsp3) is 0.348. The lowest BCUT2D eigenvalue weighted by atomic mass is 10.0. The van der Waals surface area contributed by atoms with Crippen LogP contribution < -0.4 is 5.69 Å². The number of hydrogen-bond acceptors (Lipinski definition) is 5. The number of imidazole rings is 1. The minimum atomic E-state index is -0.0809. The summed E-state index contributed by atoms with van der Waals surface area (Å²) in [6.07, 6.45) is 4.59. The number of tetrazole rings is 1. The zero-order valence-electron chi connectivity index (χ0n) is 18.4. The van der Waals surface area contributed by atoms with E-state index in [0.29, 0.717) is 17.5 Å². The molecule has 1 N–H and O–H groups in total. The molecule has 9 heteroatoms. The van der Waals surface area contributed by atoms with Gasteiger partial charge in [0.25, 0.3) is 0 Å². The molecule has 3 heterocycles. The summed E-state index contributed by atoms with van der Waals surface area (Å²) in [7, 11) is 0. The molecule has 0 spiro atoms. The van der Waals surface area contributed by atoms with Crippen molar-refractivity contribution in [2.75, 3.05) is 0 Å². The number of H-pyrrole nitrogens is 1. The number of halogens is 1. The topological polar surface area (TPSA) is 94.3 Å². The summed E-state index contributed by atoms with van der Waals surface area (Å²) >= 11 is 6.61. The number of nitrogens with zero attached hydrogens (tertiary/aromatic N) is 6. The van der Waals surface area contributed by atoms with Crippen LogP contribution in [0.3, 0.4) is 0 Å². The Morgan fingerprint density at radius 2 is 1.91 bits per heavy atom. The van der Waals surface area contributed by atoms with E-state index in [2.05, 4.69) is 32.5 Å². The maximum absolute atomic E-state index is 13.1. The zero-order chi connectivity index (χ0) is 22.7. The smallest absolute Gasteiger partial charge is 0.290 e. The average molecular weight is 452 g/mol. The summed E-state index contributed by atoms with van der Waals surface area (Å²) in [5, 5.41) is 14.9. The van der Waals surface area contributed by atoms with Gasteiger partial charge in [0.15, 0.2) is 0 Å². The van der Waals surface area contributed by atoms with Crippen LogP contribution in [0.5, 0.6) is 0 Å². The SMILES string of the molecule is CCCCc1c(Cl)n(C(C)C)c(=O)n1Cc1ccc(-c2ccccc2-c2nn[nH]n2)nc1. The number of unbranched alkanes of at least 4 members (excludes halogenated alkanes) is 1. The van der Waals surface area contributed by atoms with E-state index in [9.17, 15) is 4.79 Å². The van der Waals surface area contributed by atoms with Crippen LogP contribution in [-0.4, -0.2) is 34.7 Å². The van der Waals surface area contributed by atoms with Crippen molar-refractivity contribution in [3.05, 3.63) is 69.5 Å². The maximum atomic E-state index is 13.1. The molecule has 3 aromatic heterocycles. The molecule has 166 valence electrons. The van der Waals surface area contributed by atoms with Crippen LogP contribution in [0, 0.1) is 0 Å². The predicted molar refractivity (Wildman–Crippen MR) is 125 cm³/mol. The van der Waals surface area contributed by atoms with Crippen LogP contribution in [0.25, 0.3) is 22.6 Å². The van der Waals surface area contributed by atoms with Crippen molar-refractivity contribution in [3.8, 4) is 22.6 Å². The van der Waals surface area contributed by atoms with E-state index in [-0.39, 0.29) is 11.7 Å². The van der Waals surface area contributed by atoms with Crippen LogP contribution in [0.2, 0.25) is 5.15 Å². The van der Waals surface area contributed by atoms with Crippen molar-refractivity contribution in [2.24, 2.45) is 0 Å². The van der Waals surface area contributed by atoms with E-state index in [0.717, 1.165) is 47.3 Å². The quantitative estimate of drug-likeness (QED) is 0.425. The lowest BCUT2D eigenvalue weighted by Crippen LogP contribution is -2.26. The van der Waals surface area contributed by atoms with Gasteiger partial charge in [-0.2, -0.15) is 5.21 Å². The van der Waals surface area contributed by atoms with Gasteiger partial charge >= 0.3 is 5.69 Å². The Labute approximate surface area is 191 Å². The van der Waals surface area contributed by atoms with Crippen molar-refractivity contribution in [2.45, 2.75) is 52.6 Å². The number of aromatic amines is 1. The van der Waals surface area contributed by atoms with Gasteiger partial charge in [-0.1, -0.05) is 55.3 Å². The molecule has 32 heavy (non-hydrogen) atoms. The third-order valence-corrected chi connectivity index (χ3v) is 5.85. The molecule has 0 saturated carbocycles. The molecule has 1 aromatic carbocycles. The second-order valence-electron chi connectivity index (χ2n) is 8.01. The molecule has 0 fully saturated rings. The normalized spacial score (nSPS) is 11.4. The van der Waals surface area contributed by atoms with Crippen molar-refractivity contribution < 1.29 is 0 Å². The van der Waals surface area contributed by atoms with Gasteiger partial charge in [0, 0.05) is 23.4 Å². The fourth-order valence-corrected chi connectivity index (χ4v) is 4.27. The van der Waals surface area contributed by atoms with E-state index in [4.69, 9.17) is 11.6 Å². The van der Waals surface area contributed by atoms with Gasteiger partial charge in [0.1, 0.15) is 5.15 Å². The summed E-state index contributed by atoms with van der Waals surface area (Å²) in [5.41, 5.74) is 4.30.